The van der Waals surface area contributed by atoms with Crippen LogP contribution in [0.5, 0.6) is 0 Å². The lowest BCUT2D eigenvalue weighted by Crippen LogP contribution is -2.46. The summed E-state index contributed by atoms with van der Waals surface area (Å²) in [5, 5.41) is 20.7. The zero-order chi connectivity index (χ0) is 24.9. The Bertz CT molecular complexity index is 1270. The van der Waals surface area contributed by atoms with Crippen molar-refractivity contribution < 1.29 is 56.7 Å². The Kier molecular flexibility index (Phi) is 13.2. The number of imidazole rings is 1. The van der Waals surface area contributed by atoms with Crippen molar-refractivity contribution in [3.8, 4) is 0 Å². The second kappa shape index (κ2) is 13.0. The number of nitrogens with zero attached hydrogens (tertiary/aromatic N) is 3. The van der Waals surface area contributed by atoms with Gasteiger partial charge < -0.3 is 69.1 Å². The number of nitrogens with two attached hydrogens (primary N) is 1. The number of hydrogen-bond donors (Lipinski definition) is 10. The highest BCUT2D eigenvalue weighted by atomic mass is 31.3. The highest BCUT2D eigenvalue weighted by Gasteiger charge is 2.47. The van der Waals surface area contributed by atoms with Crippen molar-refractivity contribution in [1.29, 1.82) is 0 Å². The second-order valence-electron chi connectivity index (χ2n) is 7.14. The molecule has 0 saturated carbocycles. The molecule has 21 nitrogen and oxygen atoms in total. The largest absolute Gasteiger partial charge is 0.778 e. The maximum atomic E-state index is 12.1. The molecule has 19 N–H and O–H groups in total. The van der Waals surface area contributed by atoms with Crippen LogP contribution in [0.25, 0.3) is 11.2 Å². The van der Waals surface area contributed by atoms with Crippen molar-refractivity contribution in [3.63, 3.8) is 0 Å². The number of ether oxygens (including phenoxy) is 1. The monoisotopic (exact) mass is 597 g/mol. The molecule has 2 radical (unpaired) electrons. The van der Waals surface area contributed by atoms with E-state index >= 15 is 0 Å². The van der Waals surface area contributed by atoms with Crippen LogP contribution in [0.3, 0.4) is 0 Å². The Morgan fingerprint density at radius 1 is 1.24 bits per heavy atom. The summed E-state index contributed by atoms with van der Waals surface area (Å²) >= 11 is 0. The summed E-state index contributed by atoms with van der Waals surface area (Å²) in [6.07, 6.45) is -4.69. The molecular weight excluding hydrogens is 566 g/mol. The molecular formula is C12H31BN9O12P3. The molecule has 2 aromatic rings. The average Bonchev–Trinajstić information content (AvgIpc) is 3.07. The number of aryl methyl sites for hydroxylation is 1. The number of H-pyrrole nitrogens is 1. The first-order valence-electron chi connectivity index (χ1n) is 8.86. The van der Waals surface area contributed by atoms with Crippen molar-refractivity contribution in [2.45, 2.75) is 24.5 Å². The van der Waals surface area contributed by atoms with Gasteiger partial charge in [0.25, 0.3) is 19.0 Å². The van der Waals surface area contributed by atoms with Crippen LogP contribution in [0, 0.1) is 0 Å². The van der Waals surface area contributed by atoms with Gasteiger partial charge in [0.2, 0.25) is 19.3 Å². The first-order chi connectivity index (χ1) is 15.0. The smallest absolute Gasteiger partial charge is 0.333 e. The fraction of sp³-hybridized carbons (Fsp3) is 0.583. The number of rotatable bonds is 8. The summed E-state index contributed by atoms with van der Waals surface area (Å²) in [5.74, 6) is -1.99. The molecule has 25 heteroatoms. The van der Waals surface area contributed by atoms with E-state index in [0.29, 0.717) is 0 Å². The zero-order valence-corrected chi connectivity index (χ0v) is 22.2. The normalized spacial score (nSPS) is 24.5. The molecule has 2 aromatic heterocycles. The van der Waals surface area contributed by atoms with E-state index in [1.54, 1.807) is 0 Å². The number of hydrogen-bond acceptors (Lipinski definition) is 16. The van der Waals surface area contributed by atoms with Gasteiger partial charge in [-0.3, -0.25) is 27.8 Å². The highest BCUT2D eigenvalue weighted by Crippen LogP contribution is 2.62. The number of aromatic amines is 1. The lowest BCUT2D eigenvalue weighted by atomic mass is 10.1. The molecule has 6 atom stereocenters. The highest BCUT2D eigenvalue weighted by molar-refractivity contribution is 7.85. The quantitative estimate of drug-likeness (QED) is 0.0846. The van der Waals surface area contributed by atoms with E-state index in [0.717, 1.165) is 0 Å². The maximum absolute atomic E-state index is 12.1. The lowest BCUT2D eigenvalue weighted by Gasteiger charge is -2.27. The minimum absolute atomic E-state index is 0. The van der Waals surface area contributed by atoms with E-state index in [4.69, 9.17) is 27.8 Å². The summed E-state index contributed by atoms with van der Waals surface area (Å²) in [5.41, 5.74) is 5.06. The second-order valence-corrected chi connectivity index (χ2v) is 12.8. The first kappa shape index (κ1) is 37.6. The topological polar surface area (TPSA) is 403 Å². The Balaban J connectivity index is 0. The van der Waals surface area contributed by atoms with Crippen molar-refractivity contribution in [2.75, 3.05) is 18.2 Å². The fourth-order valence-corrected chi connectivity index (χ4v) is 7.58. The van der Waals surface area contributed by atoms with Crippen LogP contribution < -0.4 is 45.4 Å². The summed E-state index contributed by atoms with van der Waals surface area (Å²) in [6.45, 7) is -0.847. The van der Waals surface area contributed by atoms with Crippen LogP contribution in [0.4, 0.5) is 5.95 Å². The zero-order valence-electron chi connectivity index (χ0n) is 19.5. The van der Waals surface area contributed by atoms with Gasteiger partial charge in [-0.05, 0) is 0 Å². The van der Waals surface area contributed by atoms with Crippen LogP contribution in [0.15, 0.2) is 11.1 Å². The van der Waals surface area contributed by atoms with Gasteiger partial charge in [-0.25, -0.2) is 4.57 Å². The van der Waals surface area contributed by atoms with Gasteiger partial charge in [-0.1, -0.05) is 4.98 Å². The van der Waals surface area contributed by atoms with Crippen LogP contribution in [-0.4, -0.2) is 72.9 Å². The number of fused-ring (bicyclic) bond motifs is 1. The van der Waals surface area contributed by atoms with E-state index in [2.05, 4.69) is 18.8 Å². The summed E-state index contributed by atoms with van der Waals surface area (Å²) in [4.78, 5) is 47.5. The molecule has 37 heavy (non-hydrogen) atoms. The fourth-order valence-electron chi connectivity index (χ4n) is 3.18. The predicted molar refractivity (Wildman–Crippen MR) is 127 cm³/mol. The van der Waals surface area contributed by atoms with Gasteiger partial charge in [-0.2, -0.15) is 0 Å². The van der Waals surface area contributed by atoms with Crippen LogP contribution in [0.2, 0.25) is 0 Å². The molecule has 1 saturated heterocycles. The van der Waals surface area contributed by atoms with Gasteiger partial charge in [0.15, 0.2) is 13.9 Å². The molecule has 0 aromatic carbocycles. The van der Waals surface area contributed by atoms with Crippen LogP contribution in [0.1, 0.15) is 6.23 Å². The minimum atomic E-state index is -5.36. The molecule has 214 valence electrons. The van der Waals surface area contributed by atoms with Crippen LogP contribution >= 0.6 is 22.7 Å². The minimum Gasteiger partial charge on any atom is -0.778 e. The molecule has 3 rings (SSSR count). The van der Waals surface area contributed by atoms with Crippen molar-refractivity contribution in [2.24, 2.45) is 7.05 Å². The molecule has 0 bridgehead atoms. The Labute approximate surface area is 210 Å². The van der Waals surface area contributed by atoms with Crippen LogP contribution in [-0.2, 0) is 34.3 Å². The lowest BCUT2D eigenvalue weighted by molar-refractivity contribution is -0.745. The van der Waals surface area contributed by atoms with Crippen molar-refractivity contribution in [3.05, 3.63) is 16.7 Å². The van der Waals surface area contributed by atoms with Gasteiger partial charge in [-0.15, -0.1) is 0 Å². The number of nitrogen functional groups attached to an aromatic ring is 1. The van der Waals surface area contributed by atoms with E-state index in [1.807, 2.05) is 0 Å². The maximum Gasteiger partial charge on any atom is 0.333 e. The third-order valence-corrected chi connectivity index (χ3v) is 9.69. The van der Waals surface area contributed by atoms with Crippen molar-refractivity contribution in [1.82, 2.24) is 39.1 Å². The molecule has 0 aliphatic carbocycles. The van der Waals surface area contributed by atoms with E-state index < -0.39 is 65.3 Å². The Morgan fingerprint density at radius 3 is 2.35 bits per heavy atom. The number of anilines is 1. The summed E-state index contributed by atoms with van der Waals surface area (Å²) in [7, 11) is -8.69. The third-order valence-electron chi connectivity index (χ3n) is 4.42. The Hall–Kier alpha value is -1.58. The molecule has 1 aliphatic rings. The molecule has 3 heterocycles. The molecule has 1 unspecified atom stereocenters. The number of aromatic nitrogens is 4. The third kappa shape index (κ3) is 8.72. The van der Waals surface area contributed by atoms with E-state index in [9.17, 15) is 33.6 Å². The SMILES string of the molecule is N.N.N.N.[B][P@](=O)(OC[C@H]1O[C@@H]([n+]2cn(C)c3c(=O)[nH]c(N)nc32)[C@H](O)[C@@H]1O)OP(=O)([O-])CP(=O)(O)O. The predicted octanol–water partition coefficient (Wildman–Crippen LogP) is -2.60. The number of aliphatic hydroxyl groups is 2. The molecule has 1 fully saturated rings. The molecule has 0 spiro atoms. The first-order valence-corrected chi connectivity index (χ1v) is 14.0. The van der Waals surface area contributed by atoms with E-state index in [1.165, 1.54) is 22.5 Å². The number of aliphatic hydroxyl groups excluding tert-OH is 2. The number of nitrogens with one attached hydrogen (secondary N) is 1. The van der Waals surface area contributed by atoms with Gasteiger partial charge in [0, 0.05) is 0 Å². The standard InChI is InChI=1S/C12H19BN5O12P3.4H3N/c1-17-3-18(9-6(17)10(21)16-12(14)15-9)11-8(20)7(19)5(29-11)2-28-33(13,27)30-32(25,26)4-31(22,23)24;;;;/h3,5,7-8,11,19-20H,2,4H2,1H3,(H5-,14,15,16,21,22,23,24,25,26);4*1H3/t5-,7-,8-,11-,33+;;;;/m1..../s1. The summed E-state index contributed by atoms with van der Waals surface area (Å²) < 4.78 is 51.4. The van der Waals surface area contributed by atoms with Gasteiger partial charge >= 0.3 is 13.2 Å². The van der Waals surface area contributed by atoms with E-state index in [-0.39, 0.29) is 41.7 Å². The molecule has 1 aliphatic heterocycles. The summed E-state index contributed by atoms with van der Waals surface area (Å²) in [6, 6.07) is 0. The average molecular weight is 597 g/mol. The van der Waals surface area contributed by atoms with Gasteiger partial charge in [0.05, 0.1) is 13.7 Å². The molecule has 0 amide bonds. The van der Waals surface area contributed by atoms with Crippen molar-refractivity contribution >= 4 is 47.3 Å². The van der Waals surface area contributed by atoms with Gasteiger partial charge in [0.1, 0.15) is 24.2 Å². The Morgan fingerprint density at radius 2 is 1.81 bits per heavy atom.